The third kappa shape index (κ3) is 7.81. The molecule has 37 heavy (non-hydrogen) atoms. The first kappa shape index (κ1) is 28.2. The Morgan fingerprint density at radius 1 is 0.892 bits per heavy atom. The highest BCUT2D eigenvalue weighted by atomic mass is 35.5. The van der Waals surface area contributed by atoms with Crippen LogP contribution >= 0.6 is 11.6 Å². The summed E-state index contributed by atoms with van der Waals surface area (Å²) in [6.45, 7) is 1.67. The second-order valence-corrected chi connectivity index (χ2v) is 11.1. The van der Waals surface area contributed by atoms with Crippen LogP contribution in [0.5, 0.6) is 0 Å². The maximum absolute atomic E-state index is 13.8. The van der Waals surface area contributed by atoms with Crippen molar-refractivity contribution in [1.29, 1.82) is 0 Å². The van der Waals surface area contributed by atoms with Gasteiger partial charge in [0.2, 0.25) is 21.8 Å². The van der Waals surface area contributed by atoms with E-state index in [0.717, 1.165) is 33.7 Å². The zero-order valence-corrected chi connectivity index (χ0v) is 22.8. The van der Waals surface area contributed by atoms with Crippen LogP contribution in [0, 0.1) is 0 Å². The molecule has 9 heteroatoms. The van der Waals surface area contributed by atoms with Gasteiger partial charge in [-0.3, -0.25) is 13.9 Å². The van der Waals surface area contributed by atoms with Crippen LogP contribution in [0.3, 0.4) is 0 Å². The summed E-state index contributed by atoms with van der Waals surface area (Å²) in [6, 6.07) is 22.6. The summed E-state index contributed by atoms with van der Waals surface area (Å²) < 4.78 is 26.6. The molecule has 0 bridgehead atoms. The predicted molar refractivity (Wildman–Crippen MR) is 148 cm³/mol. The highest BCUT2D eigenvalue weighted by Crippen LogP contribution is 2.21. The van der Waals surface area contributed by atoms with Crippen molar-refractivity contribution in [3.05, 3.63) is 101 Å². The molecule has 2 amide bonds. The maximum Gasteiger partial charge on any atom is 0.244 e. The van der Waals surface area contributed by atoms with Crippen LogP contribution in [0.1, 0.15) is 23.6 Å². The quantitative estimate of drug-likeness (QED) is 0.397. The second-order valence-electron chi connectivity index (χ2n) is 8.76. The van der Waals surface area contributed by atoms with Gasteiger partial charge in [-0.2, -0.15) is 0 Å². The zero-order valence-electron chi connectivity index (χ0n) is 21.2. The van der Waals surface area contributed by atoms with Gasteiger partial charge in [-0.1, -0.05) is 73.1 Å². The molecule has 0 spiro atoms. The van der Waals surface area contributed by atoms with Crippen molar-refractivity contribution in [2.45, 2.75) is 32.4 Å². The number of carbonyl (C=O) groups excluding carboxylic acids is 2. The molecule has 196 valence electrons. The molecule has 0 aliphatic rings. The number of nitrogens with one attached hydrogen (secondary N) is 1. The van der Waals surface area contributed by atoms with E-state index in [1.165, 1.54) is 11.9 Å². The van der Waals surface area contributed by atoms with Gasteiger partial charge in [0.15, 0.2) is 0 Å². The maximum atomic E-state index is 13.8. The number of likely N-dealkylation sites (N-methyl/N-ethyl adjacent to an activating group) is 1. The number of halogens is 1. The minimum atomic E-state index is -3.79. The molecule has 0 unspecified atom stereocenters. The molecule has 0 saturated heterocycles. The van der Waals surface area contributed by atoms with Crippen LogP contribution in [-0.2, 0) is 39.0 Å². The molecule has 3 aromatic rings. The largest absolute Gasteiger partial charge is 0.357 e. The molecule has 0 heterocycles. The van der Waals surface area contributed by atoms with Crippen molar-refractivity contribution in [3.8, 4) is 0 Å². The number of nitrogens with zero attached hydrogens (tertiary/aromatic N) is 2. The number of hydrogen-bond acceptors (Lipinski definition) is 4. The molecule has 0 radical (unpaired) electrons. The van der Waals surface area contributed by atoms with Gasteiger partial charge in [0.25, 0.3) is 0 Å². The SMILES string of the molecule is CCc1ccc(N(CC(=O)N(Cc2ccc(Cl)cc2)[C@@H](Cc2ccccc2)C(=O)NC)S(C)(=O)=O)cc1. The van der Waals surface area contributed by atoms with Crippen molar-refractivity contribution in [1.82, 2.24) is 10.2 Å². The predicted octanol–water partition coefficient (Wildman–Crippen LogP) is 4.05. The molecule has 3 aromatic carbocycles. The van der Waals surface area contributed by atoms with Gasteiger partial charge < -0.3 is 10.2 Å². The Balaban J connectivity index is 2.00. The summed E-state index contributed by atoms with van der Waals surface area (Å²) in [5, 5.41) is 3.21. The summed E-state index contributed by atoms with van der Waals surface area (Å²) in [5.41, 5.74) is 3.08. The van der Waals surface area contributed by atoms with E-state index in [-0.39, 0.29) is 18.9 Å². The van der Waals surface area contributed by atoms with Gasteiger partial charge in [-0.15, -0.1) is 0 Å². The molecular weight excluding hydrogens is 510 g/mol. The Labute approximate surface area is 224 Å². The van der Waals surface area contributed by atoms with Crippen molar-refractivity contribution in [2.75, 3.05) is 24.2 Å². The van der Waals surface area contributed by atoms with E-state index in [2.05, 4.69) is 5.32 Å². The number of benzene rings is 3. The Kier molecular flexibility index (Phi) is 9.72. The van der Waals surface area contributed by atoms with Gasteiger partial charge in [-0.25, -0.2) is 8.42 Å². The molecule has 1 atom stereocenters. The van der Waals surface area contributed by atoms with Crippen LogP contribution < -0.4 is 9.62 Å². The lowest BCUT2D eigenvalue weighted by molar-refractivity contribution is -0.139. The topological polar surface area (TPSA) is 86.8 Å². The minimum absolute atomic E-state index is 0.104. The van der Waals surface area contributed by atoms with Gasteiger partial charge in [0, 0.05) is 25.0 Å². The molecule has 0 aliphatic heterocycles. The van der Waals surface area contributed by atoms with E-state index in [1.54, 1.807) is 36.4 Å². The number of sulfonamides is 1. The van der Waals surface area contributed by atoms with E-state index in [0.29, 0.717) is 10.7 Å². The second kappa shape index (κ2) is 12.7. The fourth-order valence-corrected chi connectivity index (χ4v) is 4.99. The lowest BCUT2D eigenvalue weighted by atomic mass is 10.0. The Morgan fingerprint density at radius 3 is 2.03 bits per heavy atom. The number of carbonyl (C=O) groups is 2. The van der Waals surface area contributed by atoms with Crippen LogP contribution in [0.4, 0.5) is 5.69 Å². The van der Waals surface area contributed by atoms with Crippen LogP contribution in [0.15, 0.2) is 78.9 Å². The Morgan fingerprint density at radius 2 is 1.49 bits per heavy atom. The summed E-state index contributed by atoms with van der Waals surface area (Å²) in [5.74, 6) is -0.839. The van der Waals surface area contributed by atoms with Crippen LogP contribution in [-0.4, -0.2) is 51.0 Å². The number of aryl methyl sites for hydroxylation is 1. The van der Waals surface area contributed by atoms with E-state index in [1.807, 2.05) is 49.4 Å². The van der Waals surface area contributed by atoms with E-state index < -0.39 is 28.5 Å². The van der Waals surface area contributed by atoms with Crippen molar-refractivity contribution >= 4 is 39.1 Å². The summed E-state index contributed by atoms with van der Waals surface area (Å²) in [6.07, 6.45) is 2.14. The average Bonchev–Trinajstić information content (AvgIpc) is 2.89. The molecule has 1 N–H and O–H groups in total. The first-order valence-electron chi connectivity index (χ1n) is 12.0. The number of amides is 2. The Hall–Kier alpha value is -3.36. The summed E-state index contributed by atoms with van der Waals surface area (Å²) >= 11 is 6.04. The molecule has 0 aliphatic carbocycles. The lowest BCUT2D eigenvalue weighted by Gasteiger charge is -2.33. The first-order chi connectivity index (χ1) is 17.6. The van der Waals surface area contributed by atoms with Gasteiger partial charge in [0.05, 0.1) is 11.9 Å². The molecule has 0 aromatic heterocycles. The Bertz CT molecular complexity index is 1300. The third-order valence-corrected chi connectivity index (χ3v) is 7.49. The molecule has 3 rings (SSSR count). The highest BCUT2D eigenvalue weighted by Gasteiger charge is 2.32. The number of rotatable bonds is 11. The standard InChI is InChI=1S/C28H32ClN3O4S/c1-4-21-12-16-25(17-13-21)32(37(3,35)36)20-27(33)31(19-23-10-14-24(29)15-11-23)26(28(34)30-2)18-22-8-6-5-7-9-22/h5-17,26H,4,18-20H2,1-3H3,(H,30,34)/t26-/m0/s1. The highest BCUT2D eigenvalue weighted by molar-refractivity contribution is 7.92. The molecule has 0 saturated carbocycles. The fraction of sp³-hybridized carbons (Fsp3) is 0.286. The number of anilines is 1. The van der Waals surface area contributed by atoms with E-state index in [4.69, 9.17) is 11.6 Å². The van der Waals surface area contributed by atoms with Gasteiger partial charge in [-0.05, 0) is 47.4 Å². The zero-order chi connectivity index (χ0) is 27.0. The van der Waals surface area contributed by atoms with Crippen LogP contribution in [0.2, 0.25) is 5.02 Å². The lowest BCUT2D eigenvalue weighted by Crippen LogP contribution is -2.52. The monoisotopic (exact) mass is 541 g/mol. The third-order valence-electron chi connectivity index (χ3n) is 6.10. The summed E-state index contributed by atoms with van der Waals surface area (Å²) in [4.78, 5) is 28.3. The van der Waals surface area contributed by atoms with E-state index >= 15 is 0 Å². The van der Waals surface area contributed by atoms with Gasteiger partial charge >= 0.3 is 0 Å². The fourth-order valence-electron chi connectivity index (χ4n) is 4.02. The molecule has 0 fully saturated rings. The van der Waals surface area contributed by atoms with Crippen molar-refractivity contribution in [3.63, 3.8) is 0 Å². The van der Waals surface area contributed by atoms with Crippen molar-refractivity contribution < 1.29 is 18.0 Å². The average molecular weight is 542 g/mol. The molecule has 7 nitrogen and oxygen atoms in total. The summed E-state index contributed by atoms with van der Waals surface area (Å²) in [7, 11) is -2.27. The van der Waals surface area contributed by atoms with Crippen LogP contribution in [0.25, 0.3) is 0 Å². The van der Waals surface area contributed by atoms with Crippen molar-refractivity contribution in [2.24, 2.45) is 0 Å². The number of hydrogen-bond donors (Lipinski definition) is 1. The van der Waals surface area contributed by atoms with E-state index in [9.17, 15) is 18.0 Å². The minimum Gasteiger partial charge on any atom is -0.357 e. The van der Waals surface area contributed by atoms with Gasteiger partial charge in [0.1, 0.15) is 12.6 Å². The smallest absolute Gasteiger partial charge is 0.244 e. The molecular formula is C28H32ClN3O4S. The normalized spacial score (nSPS) is 12.0. The first-order valence-corrected chi connectivity index (χ1v) is 14.2.